The molecule has 2 heterocycles. The average molecular weight is 350 g/mol. The number of fused-ring (bicyclic) bond motifs is 1. The molecule has 4 aromatic rings. The number of aromatic nitrogens is 3. The Kier molecular flexibility index (Phi) is 3.90. The number of halogens is 1. The number of rotatable bonds is 3. The first-order valence-corrected chi connectivity index (χ1v) is 8.30. The summed E-state index contributed by atoms with van der Waals surface area (Å²) in [4.78, 5) is 4.57. The summed E-state index contributed by atoms with van der Waals surface area (Å²) in [5, 5.41) is 5.44. The molecule has 0 bridgehead atoms. The lowest BCUT2D eigenvalue weighted by Gasteiger charge is -2.09. The molecule has 0 spiro atoms. The van der Waals surface area contributed by atoms with E-state index in [0.717, 1.165) is 39.5 Å². The van der Waals surface area contributed by atoms with Crippen molar-refractivity contribution in [3.8, 4) is 28.1 Å². The van der Waals surface area contributed by atoms with Crippen LogP contribution in [0, 0.1) is 6.92 Å². The van der Waals surface area contributed by atoms with Gasteiger partial charge in [0.15, 0.2) is 5.65 Å². The lowest BCUT2D eigenvalue weighted by atomic mass is 10.1. The van der Waals surface area contributed by atoms with Gasteiger partial charge >= 0.3 is 0 Å². The van der Waals surface area contributed by atoms with Crippen LogP contribution in [-0.2, 0) is 0 Å². The fourth-order valence-corrected chi connectivity index (χ4v) is 3.19. The Balaban J connectivity index is 1.98. The Morgan fingerprint density at radius 1 is 1.00 bits per heavy atom. The van der Waals surface area contributed by atoms with E-state index < -0.39 is 0 Å². The minimum atomic E-state index is 0.709. The van der Waals surface area contributed by atoms with Gasteiger partial charge in [-0.25, -0.2) is 9.50 Å². The molecule has 4 nitrogen and oxygen atoms in total. The highest BCUT2D eigenvalue weighted by molar-refractivity contribution is 6.30. The van der Waals surface area contributed by atoms with E-state index in [4.69, 9.17) is 21.4 Å². The van der Waals surface area contributed by atoms with Crippen LogP contribution in [0.4, 0.5) is 0 Å². The summed E-state index contributed by atoms with van der Waals surface area (Å²) >= 11 is 6.02. The number of ether oxygens (including phenoxy) is 1. The molecule has 0 saturated heterocycles. The number of methoxy groups -OCH3 is 1. The summed E-state index contributed by atoms with van der Waals surface area (Å²) in [7, 11) is 1.67. The lowest BCUT2D eigenvalue weighted by Crippen LogP contribution is -1.97. The van der Waals surface area contributed by atoms with E-state index in [1.807, 2.05) is 66.0 Å². The molecule has 0 radical (unpaired) electrons. The third kappa shape index (κ3) is 2.65. The van der Waals surface area contributed by atoms with Crippen molar-refractivity contribution >= 4 is 17.2 Å². The minimum Gasteiger partial charge on any atom is -0.496 e. The molecular weight excluding hydrogens is 334 g/mol. The molecule has 0 unspecified atom stereocenters. The number of para-hydroxylation sites is 1. The maximum atomic E-state index is 6.02. The molecule has 0 aliphatic heterocycles. The van der Waals surface area contributed by atoms with Crippen molar-refractivity contribution < 1.29 is 4.74 Å². The maximum Gasteiger partial charge on any atom is 0.163 e. The summed E-state index contributed by atoms with van der Waals surface area (Å²) in [5.41, 5.74) is 5.68. The molecule has 124 valence electrons. The third-order valence-corrected chi connectivity index (χ3v) is 4.46. The van der Waals surface area contributed by atoms with Crippen LogP contribution in [0.25, 0.3) is 28.0 Å². The summed E-state index contributed by atoms with van der Waals surface area (Å²) < 4.78 is 7.38. The fourth-order valence-electron chi connectivity index (χ4n) is 3.07. The summed E-state index contributed by atoms with van der Waals surface area (Å²) in [6.45, 7) is 1.99. The Bertz CT molecular complexity index is 1050. The SMILES string of the molecule is COc1ccccc1-c1ccnc2c(-c3ccc(Cl)cc3)c(C)nn12. The van der Waals surface area contributed by atoms with Crippen molar-refractivity contribution in [2.24, 2.45) is 0 Å². The van der Waals surface area contributed by atoms with E-state index in [1.165, 1.54) is 0 Å². The smallest absolute Gasteiger partial charge is 0.163 e. The predicted octanol–water partition coefficient (Wildman–Crippen LogP) is 5.03. The van der Waals surface area contributed by atoms with E-state index in [1.54, 1.807) is 13.3 Å². The van der Waals surface area contributed by atoms with E-state index in [9.17, 15) is 0 Å². The van der Waals surface area contributed by atoms with Crippen LogP contribution in [0.3, 0.4) is 0 Å². The van der Waals surface area contributed by atoms with Crippen LogP contribution in [0.5, 0.6) is 5.75 Å². The fraction of sp³-hybridized carbons (Fsp3) is 0.100. The molecule has 0 N–H and O–H groups in total. The van der Waals surface area contributed by atoms with E-state index in [-0.39, 0.29) is 0 Å². The van der Waals surface area contributed by atoms with Gasteiger partial charge in [-0.1, -0.05) is 35.9 Å². The second-order valence-electron chi connectivity index (χ2n) is 5.73. The van der Waals surface area contributed by atoms with Gasteiger partial charge in [-0.15, -0.1) is 0 Å². The standard InChI is InChI=1S/C20H16ClN3O/c1-13-19(14-7-9-15(21)10-8-14)20-22-12-11-17(24(20)23-13)16-5-3-4-6-18(16)25-2/h3-12H,1-2H3. The van der Waals surface area contributed by atoms with Gasteiger partial charge in [-0.3, -0.25) is 0 Å². The van der Waals surface area contributed by atoms with Crippen LogP contribution >= 0.6 is 11.6 Å². The van der Waals surface area contributed by atoms with Crippen LogP contribution in [0.15, 0.2) is 60.8 Å². The van der Waals surface area contributed by atoms with Crippen molar-refractivity contribution in [1.82, 2.24) is 14.6 Å². The molecule has 0 amide bonds. The maximum absolute atomic E-state index is 6.02. The van der Waals surface area contributed by atoms with Gasteiger partial charge in [0.05, 0.1) is 18.5 Å². The van der Waals surface area contributed by atoms with Gasteiger partial charge in [0, 0.05) is 22.3 Å². The zero-order valence-corrected chi connectivity index (χ0v) is 14.7. The monoisotopic (exact) mass is 349 g/mol. The van der Waals surface area contributed by atoms with Crippen LogP contribution in [-0.4, -0.2) is 21.7 Å². The van der Waals surface area contributed by atoms with Crippen molar-refractivity contribution in [2.45, 2.75) is 6.92 Å². The predicted molar refractivity (Wildman–Crippen MR) is 100 cm³/mol. The highest BCUT2D eigenvalue weighted by atomic mass is 35.5. The molecule has 2 aromatic carbocycles. The minimum absolute atomic E-state index is 0.709. The molecule has 0 saturated carbocycles. The Labute approximate surface area is 150 Å². The molecule has 2 aromatic heterocycles. The van der Waals surface area contributed by atoms with Crippen LogP contribution in [0.1, 0.15) is 5.69 Å². The highest BCUT2D eigenvalue weighted by Crippen LogP contribution is 2.33. The van der Waals surface area contributed by atoms with Gasteiger partial charge in [-0.05, 0) is 42.8 Å². The van der Waals surface area contributed by atoms with E-state index in [0.29, 0.717) is 5.02 Å². The van der Waals surface area contributed by atoms with Crippen molar-refractivity contribution in [1.29, 1.82) is 0 Å². The van der Waals surface area contributed by atoms with Crippen molar-refractivity contribution in [3.63, 3.8) is 0 Å². The van der Waals surface area contributed by atoms with Gasteiger partial charge < -0.3 is 4.74 Å². The quantitative estimate of drug-likeness (QED) is 0.520. The molecule has 4 rings (SSSR count). The zero-order valence-electron chi connectivity index (χ0n) is 13.9. The van der Waals surface area contributed by atoms with Crippen molar-refractivity contribution in [3.05, 3.63) is 71.5 Å². The van der Waals surface area contributed by atoms with E-state index >= 15 is 0 Å². The number of benzene rings is 2. The topological polar surface area (TPSA) is 39.4 Å². The lowest BCUT2D eigenvalue weighted by molar-refractivity contribution is 0.416. The second kappa shape index (κ2) is 6.22. The number of hydrogen-bond donors (Lipinski definition) is 0. The van der Waals surface area contributed by atoms with Gasteiger partial charge in [0.2, 0.25) is 0 Å². The highest BCUT2D eigenvalue weighted by Gasteiger charge is 2.17. The summed E-state index contributed by atoms with van der Waals surface area (Å²) in [5.74, 6) is 0.802. The first kappa shape index (κ1) is 15.7. The number of hydrogen-bond acceptors (Lipinski definition) is 3. The normalized spacial score (nSPS) is 11.0. The molecule has 0 aliphatic rings. The van der Waals surface area contributed by atoms with Gasteiger partial charge in [0.25, 0.3) is 0 Å². The second-order valence-corrected chi connectivity index (χ2v) is 6.17. The Morgan fingerprint density at radius 2 is 1.76 bits per heavy atom. The molecule has 0 atom stereocenters. The third-order valence-electron chi connectivity index (χ3n) is 4.21. The van der Waals surface area contributed by atoms with Gasteiger partial charge in [-0.2, -0.15) is 5.10 Å². The largest absolute Gasteiger partial charge is 0.496 e. The van der Waals surface area contributed by atoms with Crippen LogP contribution in [0.2, 0.25) is 5.02 Å². The summed E-state index contributed by atoms with van der Waals surface area (Å²) in [6.07, 6.45) is 1.80. The molecule has 5 heteroatoms. The van der Waals surface area contributed by atoms with Gasteiger partial charge in [0.1, 0.15) is 5.75 Å². The molecular formula is C20H16ClN3O. The zero-order chi connectivity index (χ0) is 17.4. The first-order valence-electron chi connectivity index (χ1n) is 7.92. The number of aryl methyl sites for hydroxylation is 1. The Hall–Kier alpha value is -2.85. The number of nitrogens with zero attached hydrogens (tertiary/aromatic N) is 3. The molecule has 0 fully saturated rings. The summed E-state index contributed by atoms with van der Waals surface area (Å²) in [6, 6.07) is 17.6. The Morgan fingerprint density at radius 3 is 2.52 bits per heavy atom. The molecule has 0 aliphatic carbocycles. The average Bonchev–Trinajstić information content (AvgIpc) is 2.98. The molecule has 25 heavy (non-hydrogen) atoms. The first-order chi connectivity index (χ1) is 12.2. The van der Waals surface area contributed by atoms with Crippen LogP contribution < -0.4 is 4.74 Å². The van der Waals surface area contributed by atoms with E-state index in [2.05, 4.69) is 4.98 Å². The van der Waals surface area contributed by atoms with Crippen molar-refractivity contribution in [2.75, 3.05) is 7.11 Å².